The third-order valence-corrected chi connectivity index (χ3v) is 6.77. The van der Waals surface area contributed by atoms with Crippen molar-refractivity contribution in [3.63, 3.8) is 0 Å². The number of sulfone groups is 1. The molecular formula is C21H19ClN2O4S2. The van der Waals surface area contributed by atoms with Gasteiger partial charge in [-0.05, 0) is 67.1 Å². The van der Waals surface area contributed by atoms with Crippen LogP contribution in [0.2, 0.25) is 5.02 Å². The molecule has 0 aliphatic rings. The van der Waals surface area contributed by atoms with Crippen molar-refractivity contribution >= 4 is 43.9 Å². The van der Waals surface area contributed by atoms with Crippen LogP contribution in [0.1, 0.15) is 21.6 Å². The van der Waals surface area contributed by atoms with E-state index < -0.39 is 20.8 Å². The van der Waals surface area contributed by atoms with Crippen LogP contribution in [0, 0.1) is 6.92 Å². The van der Waals surface area contributed by atoms with Crippen molar-refractivity contribution in [1.29, 1.82) is 0 Å². The van der Waals surface area contributed by atoms with E-state index in [2.05, 4.69) is 9.71 Å². The molecule has 1 atom stereocenters. The molecule has 3 rings (SSSR count). The second kappa shape index (κ2) is 9.07. The van der Waals surface area contributed by atoms with Gasteiger partial charge in [0.1, 0.15) is 11.0 Å². The summed E-state index contributed by atoms with van der Waals surface area (Å²) in [5, 5.41) is 0.456. The van der Waals surface area contributed by atoms with Crippen molar-refractivity contribution in [1.82, 2.24) is 4.98 Å². The zero-order chi connectivity index (χ0) is 21.9. The number of anilines is 1. The van der Waals surface area contributed by atoms with Crippen LogP contribution in [0.5, 0.6) is 0 Å². The van der Waals surface area contributed by atoms with Gasteiger partial charge in [-0.15, -0.1) is 0 Å². The van der Waals surface area contributed by atoms with Crippen LogP contribution in [0.25, 0.3) is 0 Å². The Kier molecular flexibility index (Phi) is 6.70. The number of aryl methyl sites for hydroxylation is 1. The smallest absolute Gasteiger partial charge is 0.175 e. The molecular weight excluding hydrogens is 444 g/mol. The highest BCUT2D eigenvalue weighted by molar-refractivity contribution is 7.90. The Bertz CT molecular complexity index is 1230. The summed E-state index contributed by atoms with van der Waals surface area (Å²) in [6.07, 6.45) is 2.75. The van der Waals surface area contributed by atoms with Crippen LogP contribution in [0.15, 0.2) is 70.6 Å². The maximum Gasteiger partial charge on any atom is 0.175 e. The average molecular weight is 463 g/mol. The monoisotopic (exact) mass is 462 g/mol. The zero-order valence-corrected chi connectivity index (χ0v) is 18.6. The Hall–Kier alpha value is -2.55. The molecule has 0 radical (unpaired) electrons. The van der Waals surface area contributed by atoms with Crippen LogP contribution >= 0.6 is 11.6 Å². The Morgan fingerprint density at radius 3 is 2.43 bits per heavy atom. The highest BCUT2D eigenvalue weighted by atomic mass is 35.5. The fourth-order valence-corrected chi connectivity index (χ4v) is 4.50. The number of halogens is 1. The molecule has 30 heavy (non-hydrogen) atoms. The van der Waals surface area contributed by atoms with Gasteiger partial charge in [-0.2, -0.15) is 0 Å². The third-order valence-electron chi connectivity index (χ3n) is 4.31. The van der Waals surface area contributed by atoms with Gasteiger partial charge in [0.05, 0.1) is 15.5 Å². The van der Waals surface area contributed by atoms with Crippen LogP contribution in [-0.4, -0.2) is 29.6 Å². The summed E-state index contributed by atoms with van der Waals surface area (Å²) in [6, 6.07) is 14.1. The molecule has 6 nitrogen and oxygen atoms in total. The van der Waals surface area contributed by atoms with E-state index in [1.165, 1.54) is 24.3 Å². The van der Waals surface area contributed by atoms with Crippen molar-refractivity contribution in [2.75, 3.05) is 11.0 Å². The van der Waals surface area contributed by atoms with Crippen molar-refractivity contribution in [2.45, 2.75) is 23.1 Å². The van der Waals surface area contributed by atoms with Crippen molar-refractivity contribution < 1.29 is 17.4 Å². The van der Waals surface area contributed by atoms with Crippen molar-refractivity contribution in [3.8, 4) is 0 Å². The highest BCUT2D eigenvalue weighted by Gasteiger charge is 2.14. The molecule has 1 unspecified atom stereocenters. The van der Waals surface area contributed by atoms with Gasteiger partial charge in [-0.25, -0.2) is 12.6 Å². The number of nitrogens with one attached hydrogen (secondary N) is 1. The minimum Gasteiger partial charge on any atom is -0.301 e. The van der Waals surface area contributed by atoms with Gasteiger partial charge in [0.2, 0.25) is 0 Å². The molecule has 0 amide bonds. The summed E-state index contributed by atoms with van der Waals surface area (Å²) < 4.78 is 38.8. The van der Waals surface area contributed by atoms with Gasteiger partial charge in [-0.3, -0.25) is 9.78 Å². The van der Waals surface area contributed by atoms with E-state index in [0.29, 0.717) is 26.7 Å². The minimum absolute atomic E-state index is 0.0660. The molecule has 1 N–H and O–H groups in total. The number of carbonyl (C=O) groups excluding carboxylic acids is 1. The van der Waals surface area contributed by atoms with Gasteiger partial charge < -0.3 is 4.72 Å². The van der Waals surface area contributed by atoms with E-state index in [0.717, 1.165) is 11.9 Å². The van der Waals surface area contributed by atoms with Gasteiger partial charge >= 0.3 is 0 Å². The Morgan fingerprint density at radius 2 is 1.80 bits per heavy atom. The van der Waals surface area contributed by atoms with Crippen molar-refractivity contribution in [2.24, 2.45) is 0 Å². The Balaban J connectivity index is 1.83. The molecule has 0 saturated carbocycles. The number of pyridine rings is 1. The lowest BCUT2D eigenvalue weighted by Gasteiger charge is -2.12. The van der Waals surface area contributed by atoms with Gasteiger partial charge in [0.15, 0.2) is 15.6 Å². The van der Waals surface area contributed by atoms with E-state index in [-0.39, 0.29) is 17.1 Å². The molecule has 0 fully saturated rings. The van der Waals surface area contributed by atoms with Crippen LogP contribution in [-0.2, 0) is 27.2 Å². The molecule has 9 heteroatoms. The zero-order valence-electron chi connectivity index (χ0n) is 16.3. The van der Waals surface area contributed by atoms with Gasteiger partial charge in [-0.1, -0.05) is 11.6 Å². The number of aromatic nitrogens is 1. The quantitative estimate of drug-likeness (QED) is 0.535. The molecule has 0 spiro atoms. The molecule has 2 aromatic carbocycles. The predicted octanol–water partition coefficient (Wildman–Crippen LogP) is 4.01. The summed E-state index contributed by atoms with van der Waals surface area (Å²) in [5.74, 6) is -0.117. The average Bonchev–Trinajstić information content (AvgIpc) is 2.69. The Labute approximate surface area is 182 Å². The number of rotatable bonds is 7. The van der Waals surface area contributed by atoms with E-state index in [1.54, 1.807) is 43.5 Å². The third kappa shape index (κ3) is 5.53. The summed E-state index contributed by atoms with van der Waals surface area (Å²) in [5.41, 5.74) is 2.38. The lowest BCUT2D eigenvalue weighted by molar-refractivity contribution is 0.0993. The summed E-state index contributed by atoms with van der Waals surface area (Å²) >= 11 is 6.10. The van der Waals surface area contributed by atoms with E-state index in [4.69, 9.17) is 11.6 Å². The number of nitrogens with zero attached hydrogens (tertiary/aromatic N) is 1. The molecule has 1 aromatic heterocycles. The number of carbonyl (C=O) groups is 1. The molecule has 0 aliphatic carbocycles. The summed E-state index contributed by atoms with van der Waals surface area (Å²) in [6.45, 7) is 1.81. The van der Waals surface area contributed by atoms with Gasteiger partial charge in [0.25, 0.3) is 0 Å². The number of Topliss-reactive ketones (excluding diaryl/α,β-unsaturated/α-hetero) is 1. The highest BCUT2D eigenvalue weighted by Crippen LogP contribution is 2.24. The van der Waals surface area contributed by atoms with E-state index in [1.807, 2.05) is 0 Å². The molecule has 156 valence electrons. The molecule has 0 aliphatic heterocycles. The first-order valence-corrected chi connectivity index (χ1v) is 12.3. The second-order valence-corrected chi connectivity index (χ2v) is 10.4. The Morgan fingerprint density at radius 1 is 1.10 bits per heavy atom. The van der Waals surface area contributed by atoms with E-state index >= 15 is 0 Å². The fourth-order valence-electron chi connectivity index (χ4n) is 2.77. The first-order valence-electron chi connectivity index (χ1n) is 8.86. The molecule has 3 aromatic rings. The molecule has 0 saturated heterocycles. The fraction of sp³-hybridized carbons (Fsp3) is 0.143. The SMILES string of the molecule is Cc1cc(C(=O)Cc2cc(Cl)ccc2NS(=O)c2ccc(S(C)(=O)=O)cc2)ccn1. The largest absolute Gasteiger partial charge is 0.301 e. The second-order valence-electron chi connectivity index (χ2n) is 6.70. The van der Waals surface area contributed by atoms with Crippen LogP contribution in [0.3, 0.4) is 0 Å². The first kappa shape index (κ1) is 22.1. The first-order chi connectivity index (χ1) is 14.1. The normalized spacial score (nSPS) is 12.4. The molecule has 0 bridgehead atoms. The molecule has 1 heterocycles. The summed E-state index contributed by atoms with van der Waals surface area (Å²) in [7, 11) is -4.99. The minimum atomic E-state index is -3.33. The van der Waals surface area contributed by atoms with Crippen molar-refractivity contribution in [3.05, 3.63) is 82.6 Å². The lowest BCUT2D eigenvalue weighted by Crippen LogP contribution is -2.10. The van der Waals surface area contributed by atoms with Crippen LogP contribution in [0.4, 0.5) is 5.69 Å². The maximum absolute atomic E-state index is 12.7. The predicted molar refractivity (Wildman–Crippen MR) is 118 cm³/mol. The number of hydrogen-bond donors (Lipinski definition) is 1. The van der Waals surface area contributed by atoms with E-state index in [9.17, 15) is 17.4 Å². The number of ketones is 1. The number of hydrogen-bond acceptors (Lipinski definition) is 5. The standard InChI is InChI=1S/C21H19ClN2O4S2/c1-14-11-15(9-10-23-14)21(25)13-16-12-17(22)3-8-20(16)24-29(26)18-4-6-19(7-5-18)30(2,27)28/h3-12,24H,13H2,1-2H3. The lowest BCUT2D eigenvalue weighted by atomic mass is 10.0. The number of benzene rings is 2. The maximum atomic E-state index is 12.7. The van der Waals surface area contributed by atoms with Gasteiger partial charge in [0, 0.05) is 35.2 Å². The topological polar surface area (TPSA) is 93.2 Å². The van der Waals surface area contributed by atoms with Crippen LogP contribution < -0.4 is 4.72 Å². The summed E-state index contributed by atoms with van der Waals surface area (Å²) in [4.78, 5) is 17.3.